The number of allylic oxidation sites excluding steroid dienone is 1. The average Bonchev–Trinajstić information content (AvgIpc) is 2.80. The van der Waals surface area contributed by atoms with Crippen molar-refractivity contribution in [3.63, 3.8) is 0 Å². The largest absolute Gasteiger partial charge is 0.369 e. The Kier molecular flexibility index (Phi) is 8.39. The van der Waals surface area contributed by atoms with Gasteiger partial charge in [-0.3, -0.25) is 9.98 Å². The molecule has 1 saturated heterocycles. The molecule has 0 bridgehead atoms. The number of nitriles is 1. The van der Waals surface area contributed by atoms with Crippen molar-refractivity contribution in [2.75, 3.05) is 13.1 Å². The van der Waals surface area contributed by atoms with Crippen molar-refractivity contribution < 1.29 is 4.39 Å². The van der Waals surface area contributed by atoms with E-state index in [1.165, 1.54) is 11.1 Å². The number of likely N-dealkylation sites (tertiary alicyclic amines) is 1. The number of pyridine rings is 1. The van der Waals surface area contributed by atoms with Gasteiger partial charge in [0.2, 0.25) is 0 Å². The van der Waals surface area contributed by atoms with Gasteiger partial charge in [0.05, 0.1) is 23.9 Å². The van der Waals surface area contributed by atoms with Gasteiger partial charge in [0.15, 0.2) is 0 Å². The fourth-order valence-corrected chi connectivity index (χ4v) is 4.44. The number of aryl methyl sites for hydroxylation is 2. The van der Waals surface area contributed by atoms with Gasteiger partial charge in [-0.1, -0.05) is 19.6 Å². The number of aromatic nitrogens is 1. The SMILES string of the molecule is C=C(c1cc(C)c(CC)c(N=C(C)/C(C)=C/c2ccc(CC#N)nc2C)c1)N1CCCC(F)C1. The van der Waals surface area contributed by atoms with Crippen LogP contribution in [0.4, 0.5) is 10.1 Å². The van der Waals surface area contributed by atoms with Crippen LogP contribution in [0.3, 0.4) is 0 Å². The van der Waals surface area contributed by atoms with Crippen LogP contribution in [0.2, 0.25) is 0 Å². The predicted octanol–water partition coefficient (Wildman–Crippen LogP) is 6.93. The fraction of sp³-hybridized carbons (Fsp3) is 0.414. The zero-order chi connectivity index (χ0) is 24.8. The minimum Gasteiger partial charge on any atom is -0.369 e. The molecule has 4 nitrogen and oxygen atoms in total. The highest BCUT2D eigenvalue weighted by molar-refractivity contribution is 6.03. The van der Waals surface area contributed by atoms with Crippen molar-refractivity contribution in [1.82, 2.24) is 9.88 Å². The van der Waals surface area contributed by atoms with Crippen LogP contribution in [0, 0.1) is 25.2 Å². The molecule has 0 amide bonds. The van der Waals surface area contributed by atoms with Gasteiger partial charge < -0.3 is 4.90 Å². The molecule has 0 aliphatic carbocycles. The van der Waals surface area contributed by atoms with Crippen LogP contribution in [0.5, 0.6) is 0 Å². The molecule has 1 aliphatic heterocycles. The van der Waals surface area contributed by atoms with E-state index in [1.54, 1.807) is 0 Å². The first-order valence-corrected chi connectivity index (χ1v) is 12.0. The van der Waals surface area contributed by atoms with Crippen molar-refractivity contribution in [2.24, 2.45) is 4.99 Å². The number of alkyl halides is 1. The maximum atomic E-state index is 14.0. The maximum absolute atomic E-state index is 14.0. The maximum Gasteiger partial charge on any atom is 0.118 e. The minimum atomic E-state index is -0.791. The van der Waals surface area contributed by atoms with Crippen molar-refractivity contribution in [3.8, 4) is 6.07 Å². The third-order valence-corrected chi connectivity index (χ3v) is 6.56. The Balaban J connectivity index is 1.93. The second-order valence-corrected chi connectivity index (χ2v) is 9.11. The molecule has 2 heterocycles. The summed E-state index contributed by atoms with van der Waals surface area (Å²) in [6.45, 7) is 15.8. The highest BCUT2D eigenvalue weighted by Gasteiger charge is 2.21. The Morgan fingerprint density at radius 2 is 2.09 bits per heavy atom. The zero-order valence-electron chi connectivity index (χ0n) is 21.1. The van der Waals surface area contributed by atoms with E-state index in [4.69, 9.17) is 10.3 Å². The topological polar surface area (TPSA) is 52.3 Å². The summed E-state index contributed by atoms with van der Waals surface area (Å²) in [5.41, 5.74) is 9.89. The van der Waals surface area contributed by atoms with Crippen LogP contribution in [-0.2, 0) is 12.8 Å². The molecule has 0 saturated carbocycles. The van der Waals surface area contributed by atoms with E-state index in [2.05, 4.69) is 61.5 Å². The lowest BCUT2D eigenvalue weighted by molar-refractivity contribution is 0.188. The Hall–Kier alpha value is -3.26. The quantitative estimate of drug-likeness (QED) is 0.423. The fourth-order valence-electron chi connectivity index (χ4n) is 4.44. The van der Waals surface area contributed by atoms with E-state index in [-0.39, 0.29) is 0 Å². The van der Waals surface area contributed by atoms with Crippen LogP contribution >= 0.6 is 0 Å². The van der Waals surface area contributed by atoms with Gasteiger partial charge in [-0.05, 0) is 99.1 Å². The molecule has 1 aliphatic rings. The van der Waals surface area contributed by atoms with Crippen molar-refractivity contribution in [1.29, 1.82) is 5.26 Å². The highest BCUT2D eigenvalue weighted by Crippen LogP contribution is 2.32. The number of halogens is 1. The first kappa shape index (κ1) is 25.4. The number of aliphatic imine (C=N–C) groups is 1. The molecule has 1 unspecified atom stereocenters. The molecule has 1 aromatic carbocycles. The Morgan fingerprint density at radius 3 is 2.74 bits per heavy atom. The first-order chi connectivity index (χ1) is 16.2. The van der Waals surface area contributed by atoms with Crippen LogP contribution in [0.1, 0.15) is 67.3 Å². The molecule has 1 fully saturated rings. The summed E-state index contributed by atoms with van der Waals surface area (Å²) in [7, 11) is 0. The molecule has 3 rings (SSSR count). The number of piperidine rings is 1. The van der Waals surface area contributed by atoms with E-state index in [1.807, 2.05) is 26.0 Å². The van der Waals surface area contributed by atoms with Gasteiger partial charge in [0.25, 0.3) is 0 Å². The van der Waals surface area contributed by atoms with Gasteiger partial charge in [0.1, 0.15) is 6.17 Å². The molecule has 2 aromatic rings. The lowest BCUT2D eigenvalue weighted by Crippen LogP contribution is -2.34. The van der Waals surface area contributed by atoms with Crippen LogP contribution in [0.25, 0.3) is 11.8 Å². The standard InChI is InChI=1S/C29H35FN4/c1-7-28-20(3)16-25(23(6)34-14-8-9-26(30)18-34)17-29(28)33-21(4)19(2)15-24-10-11-27(12-13-31)32-22(24)5/h10-11,15-17,26H,6-9,12,14,18H2,1-5H3/b19-15+,33-21?. The third kappa shape index (κ3) is 5.99. The van der Waals surface area contributed by atoms with Gasteiger partial charge >= 0.3 is 0 Å². The highest BCUT2D eigenvalue weighted by atomic mass is 19.1. The molecule has 0 spiro atoms. The van der Waals surface area contributed by atoms with Crippen molar-refractivity contribution in [3.05, 3.63) is 70.1 Å². The summed E-state index contributed by atoms with van der Waals surface area (Å²) in [6.07, 6.45) is 3.98. The van der Waals surface area contributed by atoms with E-state index in [0.717, 1.165) is 64.6 Å². The van der Waals surface area contributed by atoms with E-state index in [9.17, 15) is 4.39 Å². The molecule has 178 valence electrons. The second-order valence-electron chi connectivity index (χ2n) is 9.11. The number of nitrogens with zero attached hydrogens (tertiary/aromatic N) is 4. The zero-order valence-corrected chi connectivity index (χ0v) is 21.1. The summed E-state index contributed by atoms with van der Waals surface area (Å²) >= 11 is 0. The minimum absolute atomic E-state index is 0.314. The van der Waals surface area contributed by atoms with Crippen molar-refractivity contribution in [2.45, 2.75) is 66.5 Å². The lowest BCUT2D eigenvalue weighted by Gasteiger charge is -2.32. The molecule has 1 atom stereocenters. The van der Waals surface area contributed by atoms with Crippen LogP contribution in [0.15, 0.2) is 41.4 Å². The van der Waals surface area contributed by atoms with Crippen molar-refractivity contribution >= 4 is 23.2 Å². The van der Waals surface area contributed by atoms with Gasteiger partial charge in [0, 0.05) is 30.2 Å². The molecule has 5 heteroatoms. The third-order valence-electron chi connectivity index (χ3n) is 6.56. The van der Waals surface area contributed by atoms with Gasteiger partial charge in [-0.15, -0.1) is 0 Å². The van der Waals surface area contributed by atoms with E-state index >= 15 is 0 Å². The first-order valence-electron chi connectivity index (χ1n) is 12.0. The normalized spacial score (nSPS) is 17.0. The Labute approximate surface area is 203 Å². The molecule has 0 radical (unpaired) electrons. The summed E-state index contributed by atoms with van der Waals surface area (Å²) in [6, 6.07) is 10.3. The summed E-state index contributed by atoms with van der Waals surface area (Å²) in [5.74, 6) is 0. The monoisotopic (exact) mass is 458 g/mol. The predicted molar refractivity (Wildman–Crippen MR) is 140 cm³/mol. The summed E-state index contributed by atoms with van der Waals surface area (Å²) < 4.78 is 14.0. The molecular weight excluding hydrogens is 423 g/mol. The van der Waals surface area contributed by atoms with Gasteiger partial charge in [-0.25, -0.2) is 4.39 Å². The Bertz CT molecular complexity index is 1170. The molecule has 34 heavy (non-hydrogen) atoms. The molecule has 0 N–H and O–H groups in total. The number of hydrogen-bond donors (Lipinski definition) is 0. The smallest absolute Gasteiger partial charge is 0.118 e. The Morgan fingerprint density at radius 1 is 1.32 bits per heavy atom. The van der Waals surface area contributed by atoms with Crippen LogP contribution < -0.4 is 0 Å². The summed E-state index contributed by atoms with van der Waals surface area (Å²) in [4.78, 5) is 11.6. The van der Waals surface area contributed by atoms with Crippen LogP contribution in [-0.4, -0.2) is 34.9 Å². The molecule has 1 aromatic heterocycles. The lowest BCUT2D eigenvalue weighted by atomic mass is 9.98. The summed E-state index contributed by atoms with van der Waals surface area (Å²) in [5, 5.41) is 8.90. The van der Waals surface area contributed by atoms with Gasteiger partial charge in [-0.2, -0.15) is 5.26 Å². The number of benzene rings is 1. The second kappa shape index (κ2) is 11.2. The van der Waals surface area contributed by atoms with E-state index in [0.29, 0.717) is 19.4 Å². The number of rotatable bonds is 7. The molecular formula is C29H35FN4. The number of hydrogen-bond acceptors (Lipinski definition) is 4. The van der Waals surface area contributed by atoms with E-state index < -0.39 is 6.17 Å². The average molecular weight is 459 g/mol.